The molecule has 0 saturated heterocycles. The molecule has 0 radical (unpaired) electrons. The molecular formula is C9H11NOS. The van der Waals surface area contributed by atoms with Crippen molar-refractivity contribution in [1.29, 1.82) is 0 Å². The molecule has 12 heavy (non-hydrogen) atoms. The molecule has 0 aliphatic rings. The minimum atomic E-state index is 0.540. The van der Waals surface area contributed by atoms with Crippen LogP contribution >= 0.6 is 11.8 Å². The molecule has 0 aliphatic heterocycles. The van der Waals surface area contributed by atoms with Gasteiger partial charge in [0.05, 0.1) is 12.9 Å². The van der Waals surface area contributed by atoms with Crippen molar-refractivity contribution in [2.24, 2.45) is 4.99 Å². The van der Waals surface area contributed by atoms with Crippen LogP contribution in [0.25, 0.3) is 0 Å². The molecule has 0 spiro atoms. The van der Waals surface area contributed by atoms with Gasteiger partial charge in [-0.05, 0) is 0 Å². The minimum absolute atomic E-state index is 0.540. The van der Waals surface area contributed by atoms with Crippen LogP contribution in [0.15, 0.2) is 23.1 Å². The Balaban J connectivity index is 4.38. The molecule has 0 aromatic carbocycles. The van der Waals surface area contributed by atoms with Crippen molar-refractivity contribution in [3.63, 3.8) is 0 Å². The van der Waals surface area contributed by atoms with Crippen LogP contribution in [-0.2, 0) is 4.74 Å². The first-order valence-corrected chi connectivity index (χ1v) is 4.26. The molecule has 0 aromatic heterocycles. The van der Waals surface area contributed by atoms with Crippen molar-refractivity contribution >= 4 is 16.8 Å². The Morgan fingerprint density at radius 3 is 2.75 bits per heavy atom. The molecule has 0 heterocycles. The molecule has 0 bridgehead atoms. The first-order chi connectivity index (χ1) is 5.79. The molecule has 0 fully saturated rings. The second kappa shape index (κ2) is 6.60. The summed E-state index contributed by atoms with van der Waals surface area (Å²) in [7, 11) is 3.23. The molecular weight excluding hydrogens is 170 g/mol. The zero-order chi connectivity index (χ0) is 9.40. The Bertz CT molecular complexity index is 256. The molecule has 3 heteroatoms. The van der Waals surface area contributed by atoms with E-state index in [0.717, 1.165) is 5.04 Å². The summed E-state index contributed by atoms with van der Waals surface area (Å²) in [4.78, 5) is 3.99. The summed E-state index contributed by atoms with van der Waals surface area (Å²) in [5.41, 5.74) is 2.64. The van der Waals surface area contributed by atoms with Crippen LogP contribution in [0.3, 0.4) is 0 Å². The summed E-state index contributed by atoms with van der Waals surface area (Å²) in [5.74, 6) is 3.61. The smallest absolute Gasteiger partial charge is 0.193 e. The first-order valence-electron chi connectivity index (χ1n) is 3.27. The molecule has 0 saturated carbocycles. The van der Waals surface area contributed by atoms with Gasteiger partial charge in [-0.15, -0.1) is 6.42 Å². The van der Waals surface area contributed by atoms with Gasteiger partial charge in [-0.3, -0.25) is 4.99 Å². The monoisotopic (exact) mass is 181 g/mol. The third-order valence-corrected chi connectivity index (χ3v) is 2.01. The molecule has 0 aromatic rings. The summed E-state index contributed by atoms with van der Waals surface area (Å²) in [5, 5.41) is 0.727. The highest BCUT2D eigenvalue weighted by Gasteiger charge is 2.04. The molecule has 64 valence electrons. The lowest BCUT2D eigenvalue weighted by Crippen LogP contribution is -1.99. The Hall–Kier alpha value is -1.10. The van der Waals surface area contributed by atoms with Gasteiger partial charge in [-0.25, -0.2) is 0 Å². The highest BCUT2D eigenvalue weighted by molar-refractivity contribution is 8.14. The van der Waals surface area contributed by atoms with Crippen molar-refractivity contribution in [2.75, 3.05) is 19.9 Å². The van der Waals surface area contributed by atoms with Gasteiger partial charge in [0.15, 0.2) is 5.76 Å². The standard InChI is InChI=1S/C9H11NOS/c1-5-7-12-9(10-3)8(6-2)11-4/h1H,2,7H2,3-4H3. The van der Waals surface area contributed by atoms with E-state index in [-0.39, 0.29) is 0 Å². The van der Waals surface area contributed by atoms with E-state index in [1.54, 1.807) is 14.2 Å². The molecule has 0 rings (SSSR count). The van der Waals surface area contributed by atoms with Gasteiger partial charge in [-0.1, -0.05) is 30.0 Å². The fraction of sp³-hybridized carbons (Fsp3) is 0.333. The van der Waals surface area contributed by atoms with E-state index in [1.165, 1.54) is 11.8 Å². The second-order valence-electron chi connectivity index (χ2n) is 1.73. The SMILES string of the molecule is C#CCSC(=NC)C(=C=C)OC. The number of methoxy groups -OCH3 is 1. The lowest BCUT2D eigenvalue weighted by atomic mass is 10.5. The maximum atomic E-state index is 5.10. The fourth-order valence-corrected chi connectivity index (χ4v) is 1.21. The van der Waals surface area contributed by atoms with Crippen LogP contribution in [0, 0.1) is 12.3 Å². The Kier molecular flexibility index (Phi) is 6.00. The average molecular weight is 181 g/mol. The van der Waals surface area contributed by atoms with Gasteiger partial charge in [0.1, 0.15) is 5.04 Å². The summed E-state index contributed by atoms with van der Waals surface area (Å²) in [6.45, 7) is 3.48. The molecule has 0 amide bonds. The van der Waals surface area contributed by atoms with E-state index in [9.17, 15) is 0 Å². The van der Waals surface area contributed by atoms with Gasteiger partial charge >= 0.3 is 0 Å². The number of thioether (sulfide) groups is 1. The number of nitrogens with zero attached hydrogens (tertiary/aromatic N) is 1. The van der Waals surface area contributed by atoms with Crippen molar-refractivity contribution in [3.05, 3.63) is 18.1 Å². The lowest BCUT2D eigenvalue weighted by molar-refractivity contribution is 0.317. The third kappa shape index (κ3) is 3.34. The van der Waals surface area contributed by atoms with Crippen molar-refractivity contribution in [2.45, 2.75) is 0 Å². The van der Waals surface area contributed by atoms with Crippen LogP contribution in [-0.4, -0.2) is 25.0 Å². The van der Waals surface area contributed by atoms with Crippen molar-refractivity contribution < 1.29 is 4.74 Å². The zero-order valence-corrected chi connectivity index (χ0v) is 8.07. The van der Waals surface area contributed by atoms with Gasteiger partial charge in [0, 0.05) is 7.05 Å². The third-order valence-electron chi connectivity index (χ3n) is 1.05. The number of ether oxygens (including phenoxy) is 1. The Morgan fingerprint density at radius 1 is 1.75 bits per heavy atom. The largest absolute Gasteiger partial charge is 0.487 e. The number of rotatable bonds is 3. The molecule has 0 aliphatic carbocycles. The highest BCUT2D eigenvalue weighted by atomic mass is 32.2. The molecule has 0 unspecified atom stereocenters. The fourth-order valence-electron chi connectivity index (χ4n) is 0.577. The quantitative estimate of drug-likeness (QED) is 0.217. The topological polar surface area (TPSA) is 21.6 Å². The normalized spacial score (nSPS) is 9.92. The zero-order valence-electron chi connectivity index (χ0n) is 7.26. The van der Waals surface area contributed by atoms with E-state index in [4.69, 9.17) is 11.2 Å². The first kappa shape index (κ1) is 10.9. The van der Waals surface area contributed by atoms with Gasteiger partial charge in [-0.2, -0.15) is 0 Å². The van der Waals surface area contributed by atoms with Gasteiger partial charge in [0.2, 0.25) is 0 Å². The highest BCUT2D eigenvalue weighted by Crippen LogP contribution is 2.11. The molecule has 2 nitrogen and oxygen atoms in total. The average Bonchev–Trinajstić information content (AvgIpc) is 2.12. The maximum Gasteiger partial charge on any atom is 0.193 e. The molecule has 0 atom stereocenters. The molecule has 0 N–H and O–H groups in total. The van der Waals surface area contributed by atoms with Crippen LogP contribution in [0.4, 0.5) is 0 Å². The summed E-state index contributed by atoms with van der Waals surface area (Å²) in [6.07, 6.45) is 5.10. The van der Waals surface area contributed by atoms with E-state index in [1.807, 2.05) is 0 Å². The summed E-state index contributed by atoms with van der Waals surface area (Å²) < 4.78 is 4.97. The predicted molar refractivity (Wildman–Crippen MR) is 54.3 cm³/mol. The minimum Gasteiger partial charge on any atom is -0.487 e. The van der Waals surface area contributed by atoms with E-state index >= 15 is 0 Å². The van der Waals surface area contributed by atoms with Crippen LogP contribution in [0.1, 0.15) is 0 Å². The Morgan fingerprint density at radius 2 is 2.42 bits per heavy atom. The van der Waals surface area contributed by atoms with E-state index in [0.29, 0.717) is 11.5 Å². The van der Waals surface area contributed by atoms with E-state index < -0.39 is 0 Å². The van der Waals surface area contributed by atoms with Crippen molar-refractivity contribution in [3.8, 4) is 12.3 Å². The number of terminal acetylenes is 1. The lowest BCUT2D eigenvalue weighted by Gasteiger charge is -2.03. The summed E-state index contributed by atoms with van der Waals surface area (Å²) in [6, 6.07) is 0. The van der Waals surface area contributed by atoms with Gasteiger partial charge in [0.25, 0.3) is 0 Å². The number of hydrogen-bond donors (Lipinski definition) is 0. The summed E-state index contributed by atoms with van der Waals surface area (Å²) >= 11 is 1.43. The van der Waals surface area contributed by atoms with Crippen LogP contribution < -0.4 is 0 Å². The van der Waals surface area contributed by atoms with Gasteiger partial charge < -0.3 is 4.74 Å². The van der Waals surface area contributed by atoms with Crippen molar-refractivity contribution in [1.82, 2.24) is 0 Å². The van der Waals surface area contributed by atoms with Crippen LogP contribution in [0.2, 0.25) is 0 Å². The Labute approximate surface area is 77.4 Å². The number of hydrogen-bond acceptors (Lipinski definition) is 3. The maximum absolute atomic E-state index is 5.10. The predicted octanol–water partition coefficient (Wildman–Crippen LogP) is 1.70. The van der Waals surface area contributed by atoms with Crippen LogP contribution in [0.5, 0.6) is 0 Å². The number of aliphatic imine (C=N–C) groups is 1. The second-order valence-corrected chi connectivity index (χ2v) is 2.70. The van der Waals surface area contributed by atoms with E-state index in [2.05, 4.69) is 23.2 Å².